The highest BCUT2D eigenvalue weighted by Gasteiger charge is 2.16. The lowest BCUT2D eigenvalue weighted by Gasteiger charge is -2.07. The van der Waals surface area contributed by atoms with Crippen LogP contribution < -0.4 is 4.74 Å². The SMILES string of the molecule is COC(=O)c1cc(COC(=O)COc2ccc(-c3ccccc3)cc2)oc1C. The molecule has 0 fully saturated rings. The number of hydrogen-bond donors (Lipinski definition) is 0. The van der Waals surface area contributed by atoms with Gasteiger partial charge in [-0.15, -0.1) is 0 Å². The lowest BCUT2D eigenvalue weighted by Crippen LogP contribution is -2.14. The molecule has 0 saturated carbocycles. The zero-order valence-electron chi connectivity index (χ0n) is 15.6. The molecule has 0 bridgehead atoms. The normalized spacial score (nSPS) is 10.4. The third-order valence-corrected chi connectivity index (χ3v) is 4.07. The molecule has 28 heavy (non-hydrogen) atoms. The van der Waals surface area contributed by atoms with Gasteiger partial charge in [0.05, 0.1) is 7.11 Å². The number of rotatable bonds is 7. The summed E-state index contributed by atoms with van der Waals surface area (Å²) in [5.41, 5.74) is 2.47. The van der Waals surface area contributed by atoms with Gasteiger partial charge in [0.1, 0.15) is 29.4 Å². The fraction of sp³-hybridized carbons (Fsp3) is 0.182. The number of hydrogen-bond acceptors (Lipinski definition) is 6. The molecule has 1 aromatic heterocycles. The summed E-state index contributed by atoms with van der Waals surface area (Å²) in [6.07, 6.45) is 0. The molecular weight excluding hydrogens is 360 g/mol. The Balaban J connectivity index is 1.49. The van der Waals surface area contributed by atoms with Crippen LogP contribution in [0.2, 0.25) is 0 Å². The van der Waals surface area contributed by atoms with Crippen LogP contribution in [0, 0.1) is 6.92 Å². The van der Waals surface area contributed by atoms with E-state index in [0.717, 1.165) is 11.1 Å². The summed E-state index contributed by atoms with van der Waals surface area (Å²) in [4.78, 5) is 23.4. The number of esters is 2. The monoisotopic (exact) mass is 380 g/mol. The molecule has 0 spiro atoms. The molecule has 0 N–H and O–H groups in total. The first kappa shape index (κ1) is 19.2. The van der Waals surface area contributed by atoms with Gasteiger partial charge < -0.3 is 18.6 Å². The number of aryl methyl sites for hydroxylation is 1. The Hall–Kier alpha value is -3.54. The molecule has 2 aromatic carbocycles. The molecule has 0 amide bonds. The van der Waals surface area contributed by atoms with Gasteiger partial charge >= 0.3 is 11.9 Å². The van der Waals surface area contributed by atoms with Gasteiger partial charge in [-0.2, -0.15) is 0 Å². The summed E-state index contributed by atoms with van der Waals surface area (Å²) < 4.78 is 20.6. The minimum Gasteiger partial charge on any atom is -0.482 e. The highest BCUT2D eigenvalue weighted by molar-refractivity contribution is 5.90. The fourth-order valence-corrected chi connectivity index (χ4v) is 2.64. The van der Waals surface area contributed by atoms with E-state index in [-0.39, 0.29) is 13.2 Å². The first-order valence-corrected chi connectivity index (χ1v) is 8.68. The Bertz CT molecular complexity index is 941. The Morgan fingerprint density at radius 1 is 0.964 bits per heavy atom. The molecule has 3 aromatic rings. The maximum atomic E-state index is 11.9. The molecule has 0 saturated heterocycles. The molecule has 6 heteroatoms. The Morgan fingerprint density at radius 2 is 1.64 bits per heavy atom. The van der Waals surface area contributed by atoms with Gasteiger partial charge in [-0.25, -0.2) is 9.59 Å². The summed E-state index contributed by atoms with van der Waals surface area (Å²) in [6.45, 7) is 1.32. The lowest BCUT2D eigenvalue weighted by molar-refractivity contribution is -0.147. The maximum absolute atomic E-state index is 11.9. The van der Waals surface area contributed by atoms with Crippen LogP contribution >= 0.6 is 0 Å². The molecule has 0 aliphatic heterocycles. The van der Waals surface area contributed by atoms with Crippen LogP contribution in [0.3, 0.4) is 0 Å². The van der Waals surface area contributed by atoms with Crippen molar-refractivity contribution >= 4 is 11.9 Å². The summed E-state index contributed by atoms with van der Waals surface area (Å²) in [5, 5.41) is 0. The molecule has 144 valence electrons. The lowest BCUT2D eigenvalue weighted by atomic mass is 10.1. The van der Waals surface area contributed by atoms with Crippen molar-refractivity contribution in [3.8, 4) is 16.9 Å². The van der Waals surface area contributed by atoms with Crippen molar-refractivity contribution in [2.24, 2.45) is 0 Å². The van der Waals surface area contributed by atoms with E-state index in [2.05, 4.69) is 4.74 Å². The van der Waals surface area contributed by atoms with Crippen molar-refractivity contribution in [1.29, 1.82) is 0 Å². The fourth-order valence-electron chi connectivity index (χ4n) is 2.64. The van der Waals surface area contributed by atoms with Crippen molar-refractivity contribution in [1.82, 2.24) is 0 Å². The Morgan fingerprint density at radius 3 is 2.32 bits per heavy atom. The van der Waals surface area contributed by atoms with Crippen molar-refractivity contribution < 1.29 is 28.2 Å². The number of benzene rings is 2. The van der Waals surface area contributed by atoms with Gasteiger partial charge in [-0.05, 0) is 36.2 Å². The van der Waals surface area contributed by atoms with Crippen molar-refractivity contribution in [3.63, 3.8) is 0 Å². The molecule has 0 atom stereocenters. The summed E-state index contributed by atoms with van der Waals surface area (Å²) in [5.74, 6) is 0.298. The minimum atomic E-state index is -0.541. The Labute approximate surface area is 162 Å². The molecule has 3 rings (SSSR count). The zero-order chi connectivity index (χ0) is 19.9. The topological polar surface area (TPSA) is 75.0 Å². The minimum absolute atomic E-state index is 0.0903. The predicted octanol–water partition coefficient (Wildman–Crippen LogP) is 4.16. The van der Waals surface area contributed by atoms with Gasteiger partial charge in [-0.3, -0.25) is 0 Å². The van der Waals surface area contributed by atoms with E-state index >= 15 is 0 Å². The second-order valence-corrected chi connectivity index (χ2v) is 6.01. The number of ether oxygens (including phenoxy) is 3. The van der Waals surface area contributed by atoms with Crippen LogP contribution in [0.25, 0.3) is 11.1 Å². The van der Waals surface area contributed by atoms with Gasteiger partial charge in [0, 0.05) is 0 Å². The summed E-state index contributed by atoms with van der Waals surface area (Å²) in [6, 6.07) is 18.9. The zero-order valence-corrected chi connectivity index (χ0v) is 15.6. The highest BCUT2D eigenvalue weighted by atomic mass is 16.6. The van der Waals surface area contributed by atoms with Crippen molar-refractivity contribution in [3.05, 3.63) is 77.7 Å². The number of methoxy groups -OCH3 is 1. The first-order valence-electron chi connectivity index (χ1n) is 8.68. The quantitative estimate of drug-likeness (QED) is 0.573. The smallest absolute Gasteiger partial charge is 0.344 e. The van der Waals surface area contributed by atoms with Crippen LogP contribution in [0.1, 0.15) is 21.9 Å². The summed E-state index contributed by atoms with van der Waals surface area (Å²) in [7, 11) is 1.29. The van der Waals surface area contributed by atoms with Gasteiger partial charge in [0.15, 0.2) is 6.61 Å². The molecule has 0 aliphatic carbocycles. The van der Waals surface area contributed by atoms with Crippen LogP contribution in [-0.4, -0.2) is 25.7 Å². The number of carbonyl (C=O) groups excluding carboxylic acids is 2. The summed E-state index contributed by atoms with van der Waals surface area (Å²) >= 11 is 0. The second-order valence-electron chi connectivity index (χ2n) is 6.01. The van der Waals surface area contributed by atoms with E-state index < -0.39 is 11.9 Å². The van der Waals surface area contributed by atoms with E-state index in [1.165, 1.54) is 13.2 Å². The highest BCUT2D eigenvalue weighted by Crippen LogP contribution is 2.22. The van der Waals surface area contributed by atoms with E-state index in [4.69, 9.17) is 13.9 Å². The standard InChI is InChI=1S/C22H20O6/c1-15-20(22(24)25-2)12-19(28-15)13-27-21(23)14-26-18-10-8-17(9-11-18)16-6-4-3-5-7-16/h3-12H,13-14H2,1-2H3. The van der Waals surface area contributed by atoms with Crippen LogP contribution in [0.15, 0.2) is 65.1 Å². The predicted molar refractivity (Wildman–Crippen MR) is 102 cm³/mol. The molecule has 1 heterocycles. The van der Waals surface area contributed by atoms with Crippen LogP contribution in [0.4, 0.5) is 0 Å². The van der Waals surface area contributed by atoms with Gasteiger partial charge in [0.2, 0.25) is 0 Å². The number of furan rings is 1. The molecular formula is C22H20O6. The third kappa shape index (κ3) is 4.79. The van der Waals surface area contributed by atoms with E-state index in [1.807, 2.05) is 42.5 Å². The third-order valence-electron chi connectivity index (χ3n) is 4.07. The van der Waals surface area contributed by atoms with Crippen LogP contribution in [-0.2, 0) is 20.9 Å². The maximum Gasteiger partial charge on any atom is 0.344 e. The molecule has 0 radical (unpaired) electrons. The molecule has 0 unspecified atom stereocenters. The largest absolute Gasteiger partial charge is 0.482 e. The van der Waals surface area contributed by atoms with Gasteiger partial charge in [-0.1, -0.05) is 42.5 Å². The molecule has 0 aliphatic rings. The van der Waals surface area contributed by atoms with E-state index in [0.29, 0.717) is 22.8 Å². The number of carbonyl (C=O) groups is 2. The van der Waals surface area contributed by atoms with Gasteiger partial charge in [0.25, 0.3) is 0 Å². The Kier molecular flexibility index (Phi) is 6.11. The van der Waals surface area contributed by atoms with E-state index in [1.54, 1.807) is 19.1 Å². The molecule has 6 nitrogen and oxygen atoms in total. The average molecular weight is 380 g/mol. The van der Waals surface area contributed by atoms with Crippen molar-refractivity contribution in [2.75, 3.05) is 13.7 Å². The van der Waals surface area contributed by atoms with Crippen LogP contribution in [0.5, 0.6) is 5.75 Å². The average Bonchev–Trinajstić information content (AvgIpc) is 3.11. The van der Waals surface area contributed by atoms with Crippen molar-refractivity contribution in [2.45, 2.75) is 13.5 Å². The second kappa shape index (κ2) is 8.90. The van der Waals surface area contributed by atoms with E-state index in [9.17, 15) is 9.59 Å². The first-order chi connectivity index (χ1) is 13.6.